The van der Waals surface area contributed by atoms with Crippen LogP contribution in [-0.2, 0) is 6.42 Å². The molecule has 3 rings (SSSR count). The highest BCUT2D eigenvalue weighted by atomic mass is 16.5. The number of aromatic amines is 1. The van der Waals surface area contributed by atoms with Crippen molar-refractivity contribution in [3.05, 3.63) is 64.6 Å². The maximum absolute atomic E-state index is 11.1. The monoisotopic (exact) mass is 354 g/mol. The Morgan fingerprint density at radius 1 is 1.12 bits per heavy atom. The molecule has 0 radical (unpaired) electrons. The van der Waals surface area contributed by atoms with Gasteiger partial charge >= 0.3 is 0 Å². The minimum atomic E-state index is -0.280. The highest BCUT2D eigenvalue weighted by Crippen LogP contribution is 2.20. The van der Waals surface area contributed by atoms with Crippen molar-refractivity contribution in [1.29, 1.82) is 0 Å². The van der Waals surface area contributed by atoms with Crippen molar-refractivity contribution in [3.8, 4) is 23.0 Å². The number of nitrogens with one attached hydrogen (secondary N) is 1. The summed E-state index contributed by atoms with van der Waals surface area (Å²) < 4.78 is 16.7. The summed E-state index contributed by atoms with van der Waals surface area (Å²) in [7, 11) is 0. The third-order valence-electron chi connectivity index (χ3n) is 3.66. The summed E-state index contributed by atoms with van der Waals surface area (Å²) in [6.45, 7) is 6.01. The van der Waals surface area contributed by atoms with Crippen molar-refractivity contribution in [2.75, 3.05) is 0 Å². The van der Waals surface area contributed by atoms with Gasteiger partial charge in [-0.15, -0.1) is 0 Å². The minimum absolute atomic E-state index is 0.0483. The molecule has 2 heterocycles. The fourth-order valence-corrected chi connectivity index (χ4v) is 2.62. The van der Waals surface area contributed by atoms with Gasteiger partial charge in [0.2, 0.25) is 5.88 Å². The fraction of sp³-hybridized carbons (Fsp3) is 0.300. The number of H-pyrrole nitrogens is 1. The van der Waals surface area contributed by atoms with Gasteiger partial charge in [0.1, 0.15) is 11.9 Å². The van der Waals surface area contributed by atoms with Gasteiger partial charge in [0.15, 0.2) is 5.76 Å². The Balaban J connectivity index is 1.61. The number of ether oxygens (including phenoxy) is 2. The molecule has 1 aromatic carbocycles. The summed E-state index contributed by atoms with van der Waals surface area (Å²) in [5, 5.41) is 2.26. The molecule has 0 aliphatic rings. The van der Waals surface area contributed by atoms with Gasteiger partial charge in [0, 0.05) is 24.2 Å². The maximum atomic E-state index is 11.1. The molecular weight excluding hydrogens is 332 g/mol. The van der Waals surface area contributed by atoms with E-state index in [1.165, 1.54) is 6.07 Å². The highest BCUT2D eigenvalue weighted by Gasteiger charge is 2.09. The summed E-state index contributed by atoms with van der Waals surface area (Å²) in [5.74, 6) is 1.83. The standard InChI is InChI=1S/C20H22N2O4/c1-13(2)24-17-6-4-5-15(10-17)9-14(3)25-20-8-7-16(12-21-20)18-11-19(23)22-26-18/h4-8,10-14H,9H2,1-3H3,(H,22,23). The van der Waals surface area contributed by atoms with Crippen LogP contribution in [-0.4, -0.2) is 22.3 Å². The van der Waals surface area contributed by atoms with Crippen molar-refractivity contribution in [2.24, 2.45) is 0 Å². The van der Waals surface area contributed by atoms with E-state index >= 15 is 0 Å². The Labute approximate surface area is 151 Å². The fourth-order valence-electron chi connectivity index (χ4n) is 2.62. The Hall–Kier alpha value is -3.02. The number of hydrogen-bond donors (Lipinski definition) is 1. The first-order valence-electron chi connectivity index (χ1n) is 8.57. The molecule has 6 nitrogen and oxygen atoms in total. The Kier molecular flexibility index (Phi) is 5.41. The predicted octanol–water partition coefficient (Wildman–Crippen LogP) is 3.83. The van der Waals surface area contributed by atoms with Crippen LogP contribution in [0.1, 0.15) is 26.3 Å². The van der Waals surface area contributed by atoms with E-state index < -0.39 is 0 Å². The molecule has 0 amide bonds. The van der Waals surface area contributed by atoms with Crippen LogP contribution in [0, 0.1) is 0 Å². The molecule has 1 unspecified atom stereocenters. The lowest BCUT2D eigenvalue weighted by Gasteiger charge is -2.15. The Morgan fingerprint density at radius 2 is 1.96 bits per heavy atom. The van der Waals surface area contributed by atoms with Gasteiger partial charge in [-0.3, -0.25) is 4.79 Å². The van der Waals surface area contributed by atoms with E-state index in [1.54, 1.807) is 18.3 Å². The van der Waals surface area contributed by atoms with Gasteiger partial charge in [-0.25, -0.2) is 4.98 Å². The topological polar surface area (TPSA) is 77.4 Å². The number of aromatic nitrogens is 2. The van der Waals surface area contributed by atoms with Crippen LogP contribution in [0.5, 0.6) is 11.6 Å². The zero-order valence-electron chi connectivity index (χ0n) is 15.1. The zero-order valence-corrected chi connectivity index (χ0v) is 15.1. The van der Waals surface area contributed by atoms with Crippen LogP contribution in [0.2, 0.25) is 0 Å². The molecule has 1 atom stereocenters. The molecule has 0 saturated carbocycles. The molecule has 3 aromatic rings. The third kappa shape index (κ3) is 4.75. The molecule has 0 saturated heterocycles. The van der Waals surface area contributed by atoms with E-state index in [-0.39, 0.29) is 17.8 Å². The Morgan fingerprint density at radius 3 is 2.62 bits per heavy atom. The maximum Gasteiger partial charge on any atom is 0.280 e. The summed E-state index contributed by atoms with van der Waals surface area (Å²) in [4.78, 5) is 15.4. The van der Waals surface area contributed by atoms with Crippen LogP contribution in [0.15, 0.2) is 58.0 Å². The van der Waals surface area contributed by atoms with E-state index in [0.717, 1.165) is 17.7 Å². The van der Waals surface area contributed by atoms with Gasteiger partial charge in [-0.05, 0) is 44.5 Å². The molecule has 2 aromatic heterocycles. The molecule has 26 heavy (non-hydrogen) atoms. The lowest BCUT2D eigenvalue weighted by molar-refractivity contribution is 0.212. The molecule has 0 fully saturated rings. The number of nitrogens with zero attached hydrogens (tertiary/aromatic N) is 1. The quantitative estimate of drug-likeness (QED) is 0.698. The Bertz CT molecular complexity index is 896. The van der Waals surface area contributed by atoms with E-state index in [9.17, 15) is 4.79 Å². The number of pyridine rings is 1. The van der Waals surface area contributed by atoms with Crippen LogP contribution in [0.3, 0.4) is 0 Å². The van der Waals surface area contributed by atoms with Crippen LogP contribution in [0.25, 0.3) is 11.3 Å². The van der Waals surface area contributed by atoms with Crippen molar-refractivity contribution in [1.82, 2.24) is 10.1 Å². The zero-order chi connectivity index (χ0) is 18.5. The lowest BCUT2D eigenvalue weighted by Crippen LogP contribution is -2.16. The van der Waals surface area contributed by atoms with Crippen LogP contribution in [0.4, 0.5) is 0 Å². The third-order valence-corrected chi connectivity index (χ3v) is 3.66. The van der Waals surface area contributed by atoms with Gasteiger partial charge in [-0.2, -0.15) is 5.16 Å². The molecule has 0 spiro atoms. The van der Waals surface area contributed by atoms with E-state index in [2.05, 4.69) is 16.2 Å². The second kappa shape index (κ2) is 7.91. The normalized spacial score (nSPS) is 12.2. The second-order valence-electron chi connectivity index (χ2n) is 6.41. The molecular formula is C20H22N2O4. The van der Waals surface area contributed by atoms with Gasteiger partial charge in [-0.1, -0.05) is 12.1 Å². The van der Waals surface area contributed by atoms with Crippen LogP contribution >= 0.6 is 0 Å². The van der Waals surface area contributed by atoms with Gasteiger partial charge < -0.3 is 14.0 Å². The first-order chi connectivity index (χ1) is 12.5. The number of rotatable bonds is 7. The van der Waals surface area contributed by atoms with E-state index in [4.69, 9.17) is 14.0 Å². The van der Waals surface area contributed by atoms with E-state index in [1.807, 2.05) is 39.0 Å². The molecule has 6 heteroatoms. The van der Waals surface area contributed by atoms with Crippen molar-refractivity contribution in [3.63, 3.8) is 0 Å². The average molecular weight is 354 g/mol. The number of hydrogen-bond acceptors (Lipinski definition) is 5. The van der Waals surface area contributed by atoms with E-state index in [0.29, 0.717) is 17.2 Å². The molecule has 0 aliphatic carbocycles. The minimum Gasteiger partial charge on any atom is -0.491 e. The van der Waals surface area contributed by atoms with Crippen molar-refractivity contribution < 1.29 is 14.0 Å². The average Bonchev–Trinajstić information content (AvgIpc) is 3.01. The van der Waals surface area contributed by atoms with Crippen LogP contribution < -0.4 is 15.0 Å². The number of benzene rings is 1. The summed E-state index contributed by atoms with van der Waals surface area (Å²) in [5.41, 5.74) is 1.57. The second-order valence-corrected chi connectivity index (χ2v) is 6.41. The SMILES string of the molecule is CC(C)Oc1cccc(CC(C)Oc2ccc(-c3cc(=O)[nH]o3)cn2)c1. The summed E-state index contributed by atoms with van der Waals surface area (Å²) in [6, 6.07) is 13.0. The lowest BCUT2D eigenvalue weighted by atomic mass is 10.1. The van der Waals surface area contributed by atoms with Gasteiger partial charge in [0.25, 0.3) is 5.56 Å². The molecule has 136 valence electrons. The first-order valence-corrected chi connectivity index (χ1v) is 8.57. The molecule has 1 N–H and O–H groups in total. The predicted molar refractivity (Wildman–Crippen MR) is 98.6 cm³/mol. The van der Waals surface area contributed by atoms with Gasteiger partial charge in [0.05, 0.1) is 12.2 Å². The van der Waals surface area contributed by atoms with Crippen molar-refractivity contribution >= 4 is 0 Å². The highest BCUT2D eigenvalue weighted by molar-refractivity contribution is 5.55. The molecule has 0 aliphatic heterocycles. The largest absolute Gasteiger partial charge is 0.491 e. The summed E-state index contributed by atoms with van der Waals surface area (Å²) in [6.07, 6.45) is 2.45. The van der Waals surface area contributed by atoms with Crippen molar-refractivity contribution in [2.45, 2.75) is 39.4 Å². The smallest absolute Gasteiger partial charge is 0.280 e. The summed E-state index contributed by atoms with van der Waals surface area (Å²) >= 11 is 0. The molecule has 0 bridgehead atoms. The first kappa shape index (κ1) is 17.8.